The van der Waals surface area contributed by atoms with Gasteiger partial charge in [-0.2, -0.15) is 0 Å². The first-order chi connectivity index (χ1) is 25.2. The number of likely N-dealkylation sites (tertiary alicyclic amines) is 1. The highest BCUT2D eigenvalue weighted by Gasteiger charge is 2.47. The molecule has 1 saturated carbocycles. The van der Waals surface area contributed by atoms with Gasteiger partial charge in [0.25, 0.3) is 0 Å². The maximum Gasteiger partial charge on any atom is 0.503 e. The zero-order valence-corrected chi connectivity index (χ0v) is 31.2. The number of hydrogen-bond acceptors (Lipinski definition) is 8. The summed E-state index contributed by atoms with van der Waals surface area (Å²) >= 11 is 0. The molecule has 2 aromatic carbocycles. The van der Waals surface area contributed by atoms with Gasteiger partial charge in [-0.1, -0.05) is 57.2 Å². The molecule has 0 bridgehead atoms. The van der Waals surface area contributed by atoms with Crippen LogP contribution in [-0.4, -0.2) is 119 Å². The molecule has 53 heavy (non-hydrogen) atoms. The number of ether oxygens (including phenoxy) is 2. The largest absolute Gasteiger partial charge is 0.503 e. The predicted molar refractivity (Wildman–Crippen MR) is 201 cm³/mol. The number of amides is 3. The molecule has 6 rings (SSSR count). The minimum atomic E-state index is -1.83. The number of rotatable bonds is 10. The molecule has 284 valence electrons. The Balaban J connectivity index is 0.00000129. The van der Waals surface area contributed by atoms with E-state index >= 15 is 0 Å². The summed E-state index contributed by atoms with van der Waals surface area (Å²) in [7, 11) is 3.67. The van der Waals surface area contributed by atoms with Crippen molar-refractivity contribution in [2.75, 3.05) is 46.9 Å². The minimum absolute atomic E-state index is 0.0201. The smallest absolute Gasteiger partial charge is 0.497 e. The quantitative estimate of drug-likeness (QED) is 0.242. The van der Waals surface area contributed by atoms with E-state index in [1.807, 2.05) is 93.4 Å². The Labute approximate surface area is 310 Å². The molecule has 3 aliphatic rings. The number of carboxylic acid groups (broad SMARTS) is 2. The van der Waals surface area contributed by atoms with E-state index < -0.39 is 29.6 Å². The average Bonchev–Trinajstić information content (AvgIpc) is 3.74. The van der Waals surface area contributed by atoms with Gasteiger partial charge in [-0.05, 0) is 36.9 Å². The molecular weight excluding hydrogens is 678 g/mol. The van der Waals surface area contributed by atoms with Gasteiger partial charge < -0.3 is 39.7 Å². The van der Waals surface area contributed by atoms with Gasteiger partial charge in [0.2, 0.25) is 17.7 Å². The third-order valence-electron chi connectivity index (χ3n) is 10.2. The van der Waals surface area contributed by atoms with E-state index in [0.29, 0.717) is 31.0 Å². The van der Waals surface area contributed by atoms with Gasteiger partial charge in [0, 0.05) is 68.1 Å². The molecule has 3 heterocycles. The summed E-state index contributed by atoms with van der Waals surface area (Å²) in [6.07, 6.45) is 0.837. The van der Waals surface area contributed by atoms with Crippen LogP contribution < -0.4 is 14.8 Å². The molecule has 1 aliphatic carbocycles. The van der Waals surface area contributed by atoms with Crippen molar-refractivity contribution in [3.05, 3.63) is 67.3 Å². The lowest BCUT2D eigenvalue weighted by molar-refractivity contribution is -0.148. The Hall–Kier alpha value is -5.17. The molecule has 2 unspecified atom stereocenters. The zero-order valence-electron chi connectivity index (χ0n) is 31.2. The second kappa shape index (κ2) is 16.7. The van der Waals surface area contributed by atoms with Gasteiger partial charge in [-0.25, -0.2) is 9.78 Å². The number of piperazine rings is 1. The number of nitrogens with zero attached hydrogens (tertiary/aromatic N) is 4. The Morgan fingerprint density at radius 1 is 1.02 bits per heavy atom. The van der Waals surface area contributed by atoms with Crippen molar-refractivity contribution in [1.29, 1.82) is 0 Å². The highest BCUT2D eigenvalue weighted by atomic mass is 16.6. The fourth-order valence-corrected chi connectivity index (χ4v) is 6.96. The van der Waals surface area contributed by atoms with E-state index in [9.17, 15) is 14.4 Å². The molecule has 3 N–H and O–H groups in total. The maximum atomic E-state index is 14.6. The van der Waals surface area contributed by atoms with Crippen molar-refractivity contribution in [2.45, 2.75) is 58.2 Å². The second-order valence-corrected chi connectivity index (χ2v) is 15.1. The van der Waals surface area contributed by atoms with Crippen LogP contribution in [0.15, 0.2) is 67.3 Å². The summed E-state index contributed by atoms with van der Waals surface area (Å²) in [5.41, 5.74) is 1.90. The third-order valence-corrected chi connectivity index (χ3v) is 10.2. The highest BCUT2D eigenvalue weighted by molar-refractivity contribution is 5.92. The summed E-state index contributed by atoms with van der Waals surface area (Å²) in [6.45, 7) is 13.0. The highest BCUT2D eigenvalue weighted by Crippen LogP contribution is 2.38. The summed E-state index contributed by atoms with van der Waals surface area (Å²) in [6, 6.07) is 16.8. The summed E-state index contributed by atoms with van der Waals surface area (Å²) < 4.78 is 12.2. The van der Waals surface area contributed by atoms with E-state index in [0.717, 1.165) is 41.7 Å². The molecule has 3 fully saturated rings. The van der Waals surface area contributed by atoms with Gasteiger partial charge in [0.15, 0.2) is 0 Å². The number of benzene rings is 2. The number of methoxy groups -OCH3 is 1. The first-order valence-corrected chi connectivity index (χ1v) is 18.0. The monoisotopic (exact) mass is 729 g/mol. The first kappa shape index (κ1) is 39.0. The fourth-order valence-electron chi connectivity index (χ4n) is 6.96. The lowest BCUT2D eigenvalue weighted by Gasteiger charge is -2.37. The molecule has 13 nitrogen and oxygen atoms in total. The number of aromatic nitrogens is 1. The molecule has 2 saturated heterocycles. The van der Waals surface area contributed by atoms with Crippen LogP contribution in [0.1, 0.15) is 40.0 Å². The Morgan fingerprint density at radius 3 is 2.30 bits per heavy atom. The van der Waals surface area contributed by atoms with Crippen LogP contribution in [0.25, 0.3) is 22.2 Å². The number of carbonyl (C=O) groups is 4. The molecule has 3 aromatic rings. The van der Waals surface area contributed by atoms with Crippen molar-refractivity contribution < 1.29 is 38.9 Å². The van der Waals surface area contributed by atoms with Crippen LogP contribution in [0, 0.1) is 17.3 Å². The normalized spacial score (nSPS) is 21.9. The maximum absolute atomic E-state index is 14.6. The number of fused-ring (bicyclic) bond motifs is 1. The van der Waals surface area contributed by atoms with E-state index in [-0.39, 0.29) is 42.6 Å². The topological polar surface area (TPSA) is 162 Å². The van der Waals surface area contributed by atoms with E-state index in [2.05, 4.69) is 16.8 Å². The van der Waals surface area contributed by atoms with Crippen LogP contribution in [0.4, 0.5) is 4.79 Å². The van der Waals surface area contributed by atoms with Crippen LogP contribution in [0.2, 0.25) is 0 Å². The molecular formula is C40H51N5O8. The first-order valence-electron chi connectivity index (χ1n) is 18.0. The summed E-state index contributed by atoms with van der Waals surface area (Å²) in [5, 5.41) is 17.9. The number of likely N-dealkylation sites (N-methyl/N-ethyl adjacent to an activating group) is 1. The van der Waals surface area contributed by atoms with Crippen LogP contribution in [-0.2, 0) is 14.4 Å². The SMILES string of the molecule is C=CC1CC1NC(=O)[C@@H]1C[C@@H](Oc2cc(-c3ccccc3)nc3cc(OC)ccc23)CN1C(=O)[C@@H](CC(=O)N1CCN(C)CC1)C(C)(C)C.O=C(O)O. The Bertz CT molecular complexity index is 1800. The lowest BCUT2D eigenvalue weighted by Crippen LogP contribution is -2.52. The van der Waals surface area contributed by atoms with E-state index in [1.165, 1.54) is 0 Å². The molecule has 1 aromatic heterocycles. The number of carbonyl (C=O) groups excluding carboxylic acids is 3. The van der Waals surface area contributed by atoms with Gasteiger partial charge >= 0.3 is 6.16 Å². The van der Waals surface area contributed by atoms with Crippen molar-refractivity contribution in [3.63, 3.8) is 0 Å². The van der Waals surface area contributed by atoms with Crippen LogP contribution in [0.3, 0.4) is 0 Å². The molecule has 5 atom stereocenters. The van der Waals surface area contributed by atoms with Crippen LogP contribution in [0.5, 0.6) is 11.5 Å². The lowest BCUT2D eigenvalue weighted by atomic mass is 9.77. The van der Waals surface area contributed by atoms with Crippen molar-refractivity contribution in [1.82, 2.24) is 25.0 Å². The van der Waals surface area contributed by atoms with Crippen LogP contribution >= 0.6 is 0 Å². The van der Waals surface area contributed by atoms with Crippen molar-refractivity contribution in [2.24, 2.45) is 17.3 Å². The zero-order chi connectivity index (χ0) is 38.4. The average molecular weight is 730 g/mol. The fraction of sp³-hybridized carbons (Fsp3) is 0.475. The van der Waals surface area contributed by atoms with Gasteiger partial charge in [-0.15, -0.1) is 6.58 Å². The van der Waals surface area contributed by atoms with Gasteiger partial charge in [0.1, 0.15) is 23.6 Å². The minimum Gasteiger partial charge on any atom is -0.497 e. The second-order valence-electron chi connectivity index (χ2n) is 15.1. The number of hydrogen-bond donors (Lipinski definition) is 3. The predicted octanol–water partition coefficient (Wildman–Crippen LogP) is 5.00. The van der Waals surface area contributed by atoms with Gasteiger partial charge in [-0.3, -0.25) is 14.4 Å². The van der Waals surface area contributed by atoms with Crippen molar-refractivity contribution >= 4 is 34.8 Å². The number of pyridine rings is 1. The standard InChI is InChI=1S/C39H49N5O5.CH2O3/c1-7-25-19-31(25)41-37(46)34-21-28(24-44(34)38(47)30(39(2,3)4)22-36(45)43-17-15-42(5)16-18-43)49-35-23-32(26-11-9-8-10-12-26)40-33-20-27(48-6)13-14-29(33)35;2-1(3)4/h7-14,20,23,25,28,30-31,34H,1,15-19,21-22,24H2,2-6H3,(H,41,46);(H2,2,3,4)/t25?,28-,30-,31?,34+;/m1./s1. The molecule has 0 radical (unpaired) electrons. The van der Waals surface area contributed by atoms with E-state index in [1.54, 1.807) is 12.0 Å². The molecule has 13 heteroatoms. The molecule has 3 amide bonds. The molecule has 0 spiro atoms. The summed E-state index contributed by atoms with van der Waals surface area (Å²) in [5.74, 6) is 0.538. The van der Waals surface area contributed by atoms with E-state index in [4.69, 9.17) is 29.5 Å². The summed E-state index contributed by atoms with van der Waals surface area (Å²) in [4.78, 5) is 61.2. The third kappa shape index (κ3) is 9.83. The number of nitrogens with one attached hydrogen (secondary N) is 1. The van der Waals surface area contributed by atoms with Gasteiger partial charge in [0.05, 0.1) is 30.8 Å². The molecule has 2 aliphatic heterocycles. The Morgan fingerprint density at radius 2 is 1.70 bits per heavy atom. The van der Waals surface area contributed by atoms with Crippen molar-refractivity contribution in [3.8, 4) is 22.8 Å². The Kier molecular flexibility index (Phi) is 12.3.